The number of esters is 1. The second kappa shape index (κ2) is 8.51. The summed E-state index contributed by atoms with van der Waals surface area (Å²) in [7, 11) is -2.50. The Balaban J connectivity index is 2.27. The van der Waals surface area contributed by atoms with Gasteiger partial charge in [-0.3, -0.25) is 4.79 Å². The quantitative estimate of drug-likeness (QED) is 0.712. The van der Waals surface area contributed by atoms with Gasteiger partial charge in [-0.1, -0.05) is 17.7 Å². The summed E-state index contributed by atoms with van der Waals surface area (Å²) >= 11 is 5.95. The van der Waals surface area contributed by atoms with E-state index in [1.807, 2.05) is 0 Å². The number of carbonyl (C=O) groups is 2. The third-order valence-electron chi connectivity index (χ3n) is 3.43. The Kier molecular flexibility index (Phi) is 6.59. The van der Waals surface area contributed by atoms with Crippen LogP contribution in [-0.2, 0) is 14.8 Å². The number of rotatable bonds is 6. The summed E-state index contributed by atoms with van der Waals surface area (Å²) in [6.45, 7) is 3.40. The van der Waals surface area contributed by atoms with E-state index in [0.29, 0.717) is 5.69 Å². The molecule has 0 aromatic heterocycles. The number of ether oxygens (including phenoxy) is 1. The molecule has 0 aliphatic heterocycles. The normalized spacial score (nSPS) is 11.3. The van der Waals surface area contributed by atoms with Crippen LogP contribution in [0.1, 0.15) is 34.6 Å². The molecule has 1 amide bonds. The van der Waals surface area contributed by atoms with E-state index in [2.05, 4.69) is 14.8 Å². The first kappa shape index (κ1) is 20.9. The van der Waals surface area contributed by atoms with Crippen molar-refractivity contribution in [3.8, 4) is 0 Å². The van der Waals surface area contributed by atoms with Gasteiger partial charge in [0.25, 0.3) is 5.91 Å². The average Bonchev–Trinajstić information content (AvgIpc) is 2.61. The molecule has 0 fully saturated rings. The molecule has 0 aliphatic rings. The number of amides is 1. The third kappa shape index (κ3) is 5.29. The predicted molar refractivity (Wildman–Crippen MR) is 103 cm³/mol. The molecule has 0 heterocycles. The van der Waals surface area contributed by atoms with Gasteiger partial charge in [-0.05, 0) is 50.2 Å². The Bertz CT molecular complexity index is 973. The van der Waals surface area contributed by atoms with E-state index in [-0.39, 0.29) is 27.1 Å². The molecule has 7 nitrogen and oxygen atoms in total. The van der Waals surface area contributed by atoms with Crippen LogP contribution in [0.2, 0.25) is 5.02 Å². The van der Waals surface area contributed by atoms with Gasteiger partial charge in [0.05, 0.1) is 22.6 Å². The summed E-state index contributed by atoms with van der Waals surface area (Å²) in [6.07, 6.45) is 0. The molecular formula is C18H19ClN2O5S. The van der Waals surface area contributed by atoms with Gasteiger partial charge >= 0.3 is 5.97 Å². The Hall–Kier alpha value is -2.42. The maximum Gasteiger partial charge on any atom is 0.339 e. The highest BCUT2D eigenvalue weighted by molar-refractivity contribution is 7.89. The van der Waals surface area contributed by atoms with E-state index in [1.165, 1.54) is 49.6 Å². The third-order valence-corrected chi connectivity index (χ3v) is 5.41. The van der Waals surface area contributed by atoms with Crippen LogP contribution in [0.4, 0.5) is 5.69 Å². The molecule has 2 N–H and O–H groups in total. The van der Waals surface area contributed by atoms with Crippen molar-refractivity contribution < 1.29 is 22.7 Å². The molecule has 2 rings (SSSR count). The highest BCUT2D eigenvalue weighted by Crippen LogP contribution is 2.22. The minimum Gasteiger partial charge on any atom is -0.465 e. The smallest absolute Gasteiger partial charge is 0.339 e. The Morgan fingerprint density at radius 1 is 1.11 bits per heavy atom. The topological polar surface area (TPSA) is 102 Å². The Morgan fingerprint density at radius 3 is 2.44 bits per heavy atom. The van der Waals surface area contributed by atoms with Crippen molar-refractivity contribution in [3.63, 3.8) is 0 Å². The van der Waals surface area contributed by atoms with Gasteiger partial charge in [-0.2, -0.15) is 0 Å². The summed E-state index contributed by atoms with van der Waals surface area (Å²) < 4.78 is 31.6. The highest BCUT2D eigenvalue weighted by Gasteiger charge is 2.18. The number of nitrogens with one attached hydrogen (secondary N) is 2. The molecule has 2 aromatic carbocycles. The van der Waals surface area contributed by atoms with Crippen LogP contribution in [-0.4, -0.2) is 33.4 Å². The molecule has 2 aromatic rings. The van der Waals surface area contributed by atoms with E-state index in [4.69, 9.17) is 11.6 Å². The Morgan fingerprint density at radius 2 is 1.81 bits per heavy atom. The van der Waals surface area contributed by atoms with Gasteiger partial charge in [0.2, 0.25) is 10.0 Å². The monoisotopic (exact) mass is 410 g/mol. The molecular weight excluding hydrogens is 392 g/mol. The summed E-state index contributed by atoms with van der Waals surface area (Å²) in [5.74, 6) is -1.17. The van der Waals surface area contributed by atoms with Crippen molar-refractivity contribution in [2.75, 3.05) is 12.4 Å². The number of anilines is 1. The zero-order valence-corrected chi connectivity index (χ0v) is 16.5. The van der Waals surface area contributed by atoms with Gasteiger partial charge in [-0.25, -0.2) is 17.9 Å². The van der Waals surface area contributed by atoms with Crippen molar-refractivity contribution in [3.05, 3.63) is 58.6 Å². The van der Waals surface area contributed by atoms with Crippen LogP contribution in [0.5, 0.6) is 0 Å². The number of carbonyl (C=O) groups excluding carboxylic acids is 2. The number of hydrogen-bond acceptors (Lipinski definition) is 5. The van der Waals surface area contributed by atoms with Crippen molar-refractivity contribution in [2.45, 2.75) is 24.8 Å². The van der Waals surface area contributed by atoms with Gasteiger partial charge < -0.3 is 10.1 Å². The molecule has 0 radical (unpaired) electrons. The van der Waals surface area contributed by atoms with E-state index in [9.17, 15) is 18.0 Å². The number of sulfonamides is 1. The number of benzene rings is 2. The second-order valence-electron chi connectivity index (χ2n) is 5.94. The molecule has 0 saturated heterocycles. The highest BCUT2D eigenvalue weighted by atomic mass is 35.5. The Labute approximate surface area is 162 Å². The fraction of sp³-hybridized carbons (Fsp3) is 0.222. The van der Waals surface area contributed by atoms with Crippen molar-refractivity contribution in [1.82, 2.24) is 4.72 Å². The van der Waals surface area contributed by atoms with Gasteiger partial charge in [-0.15, -0.1) is 0 Å². The molecule has 144 valence electrons. The maximum atomic E-state index is 12.5. The number of methoxy groups -OCH3 is 1. The van der Waals surface area contributed by atoms with Crippen LogP contribution < -0.4 is 10.0 Å². The van der Waals surface area contributed by atoms with Gasteiger partial charge in [0.15, 0.2) is 0 Å². The predicted octanol–water partition coefficient (Wildman–Crippen LogP) is 3.07. The lowest BCUT2D eigenvalue weighted by atomic mass is 10.1. The van der Waals surface area contributed by atoms with E-state index < -0.39 is 21.9 Å². The number of hydrogen-bond donors (Lipinski definition) is 2. The average molecular weight is 411 g/mol. The lowest BCUT2D eigenvalue weighted by Crippen LogP contribution is -2.30. The van der Waals surface area contributed by atoms with Gasteiger partial charge in [0, 0.05) is 17.3 Å². The first-order valence-electron chi connectivity index (χ1n) is 7.95. The minimum absolute atomic E-state index is 0.0183. The number of halogens is 1. The van der Waals surface area contributed by atoms with Crippen LogP contribution in [0.25, 0.3) is 0 Å². The minimum atomic E-state index is -3.72. The van der Waals surface area contributed by atoms with Crippen molar-refractivity contribution in [2.24, 2.45) is 0 Å². The van der Waals surface area contributed by atoms with Crippen LogP contribution in [0.15, 0.2) is 47.4 Å². The van der Waals surface area contributed by atoms with Crippen molar-refractivity contribution in [1.29, 1.82) is 0 Å². The zero-order valence-electron chi connectivity index (χ0n) is 14.9. The van der Waals surface area contributed by atoms with Crippen LogP contribution >= 0.6 is 11.6 Å². The van der Waals surface area contributed by atoms with Gasteiger partial charge in [0.1, 0.15) is 0 Å². The molecule has 0 unspecified atom stereocenters. The summed E-state index contributed by atoms with van der Waals surface area (Å²) in [6, 6.07) is 9.72. The lowest BCUT2D eigenvalue weighted by molar-refractivity contribution is 0.0600. The summed E-state index contributed by atoms with van der Waals surface area (Å²) in [5.41, 5.74) is 0.573. The zero-order chi connectivity index (χ0) is 20.2. The fourth-order valence-electron chi connectivity index (χ4n) is 2.26. The van der Waals surface area contributed by atoms with E-state index >= 15 is 0 Å². The molecule has 0 atom stereocenters. The van der Waals surface area contributed by atoms with E-state index in [1.54, 1.807) is 13.8 Å². The fourth-order valence-corrected chi connectivity index (χ4v) is 3.75. The molecule has 0 bridgehead atoms. The first-order valence-corrected chi connectivity index (χ1v) is 9.82. The molecule has 27 heavy (non-hydrogen) atoms. The van der Waals surface area contributed by atoms with E-state index in [0.717, 1.165) is 0 Å². The standard InChI is InChI=1S/C18H19ClN2O5S/c1-11(2)21-27(24,25)14-6-4-5-12(9-14)17(22)20-13-7-8-16(19)15(10-13)18(23)26-3/h4-11,21H,1-3H3,(H,20,22). The molecule has 0 saturated carbocycles. The van der Waals surface area contributed by atoms with Crippen LogP contribution in [0.3, 0.4) is 0 Å². The largest absolute Gasteiger partial charge is 0.465 e. The summed E-state index contributed by atoms with van der Waals surface area (Å²) in [5, 5.41) is 2.79. The lowest BCUT2D eigenvalue weighted by Gasteiger charge is -2.11. The molecule has 9 heteroatoms. The maximum absolute atomic E-state index is 12.5. The molecule has 0 spiro atoms. The van der Waals surface area contributed by atoms with Crippen LogP contribution in [0, 0.1) is 0 Å². The second-order valence-corrected chi connectivity index (χ2v) is 8.07. The molecule has 0 aliphatic carbocycles. The summed E-state index contributed by atoms with van der Waals surface area (Å²) in [4.78, 5) is 24.1. The van der Waals surface area contributed by atoms with Crippen molar-refractivity contribution >= 4 is 39.2 Å². The first-order chi connectivity index (χ1) is 12.6. The SMILES string of the molecule is COC(=O)c1cc(NC(=O)c2cccc(S(=O)(=O)NC(C)C)c2)ccc1Cl.